The highest BCUT2D eigenvalue weighted by Crippen LogP contribution is 2.31. The first-order valence-corrected chi connectivity index (χ1v) is 7.85. The molecular formula is C13H12N4S2. The number of rotatable bonds is 5. The Hall–Kier alpha value is -1.58. The third kappa shape index (κ3) is 3.46. The predicted octanol–water partition coefficient (Wildman–Crippen LogP) is 3.28. The van der Waals surface area contributed by atoms with Gasteiger partial charge in [0.15, 0.2) is 4.34 Å². The molecule has 1 aliphatic rings. The average Bonchev–Trinajstić information content (AvgIpc) is 3.14. The van der Waals surface area contributed by atoms with Crippen LogP contribution in [0.3, 0.4) is 0 Å². The van der Waals surface area contributed by atoms with E-state index in [4.69, 9.17) is 5.26 Å². The van der Waals surface area contributed by atoms with Gasteiger partial charge in [-0.2, -0.15) is 5.26 Å². The van der Waals surface area contributed by atoms with Gasteiger partial charge in [-0.25, -0.2) is 0 Å². The first-order chi connectivity index (χ1) is 9.33. The molecular weight excluding hydrogens is 276 g/mol. The van der Waals surface area contributed by atoms with E-state index in [1.165, 1.54) is 12.8 Å². The van der Waals surface area contributed by atoms with Crippen molar-refractivity contribution in [2.75, 3.05) is 5.32 Å². The van der Waals surface area contributed by atoms with Crippen LogP contribution in [-0.2, 0) is 5.75 Å². The van der Waals surface area contributed by atoms with Crippen LogP contribution in [0.1, 0.15) is 24.0 Å². The van der Waals surface area contributed by atoms with Gasteiger partial charge < -0.3 is 5.32 Å². The number of nitrogens with zero attached hydrogens (tertiary/aromatic N) is 3. The van der Waals surface area contributed by atoms with Gasteiger partial charge in [0.25, 0.3) is 0 Å². The molecule has 1 fully saturated rings. The van der Waals surface area contributed by atoms with Crippen LogP contribution >= 0.6 is 23.1 Å². The van der Waals surface area contributed by atoms with E-state index in [2.05, 4.69) is 21.6 Å². The molecule has 1 N–H and O–H groups in total. The molecule has 0 spiro atoms. The van der Waals surface area contributed by atoms with Crippen LogP contribution in [0.2, 0.25) is 0 Å². The van der Waals surface area contributed by atoms with Crippen molar-refractivity contribution < 1.29 is 0 Å². The molecule has 0 bridgehead atoms. The lowest BCUT2D eigenvalue weighted by atomic mass is 10.2. The molecule has 6 heteroatoms. The van der Waals surface area contributed by atoms with Crippen molar-refractivity contribution in [2.24, 2.45) is 0 Å². The maximum absolute atomic E-state index is 8.86. The normalized spacial score (nSPS) is 14.1. The van der Waals surface area contributed by atoms with Crippen LogP contribution in [0.25, 0.3) is 0 Å². The van der Waals surface area contributed by atoms with E-state index in [9.17, 15) is 0 Å². The highest BCUT2D eigenvalue weighted by atomic mass is 32.2. The summed E-state index contributed by atoms with van der Waals surface area (Å²) in [5, 5.41) is 21.4. The second-order valence-corrected chi connectivity index (χ2v) is 6.59. The lowest BCUT2D eigenvalue weighted by molar-refractivity contribution is 0.994. The van der Waals surface area contributed by atoms with Crippen LogP contribution in [-0.4, -0.2) is 16.2 Å². The van der Waals surface area contributed by atoms with Crippen molar-refractivity contribution in [1.29, 1.82) is 5.26 Å². The second-order valence-electron chi connectivity index (χ2n) is 4.39. The van der Waals surface area contributed by atoms with Gasteiger partial charge in [-0.1, -0.05) is 35.2 Å². The van der Waals surface area contributed by atoms with Crippen molar-refractivity contribution in [1.82, 2.24) is 10.2 Å². The number of anilines is 1. The van der Waals surface area contributed by atoms with Gasteiger partial charge in [0.1, 0.15) is 0 Å². The van der Waals surface area contributed by atoms with Gasteiger partial charge in [-0.15, -0.1) is 10.2 Å². The first-order valence-electron chi connectivity index (χ1n) is 6.05. The maximum atomic E-state index is 8.86. The minimum Gasteiger partial charge on any atom is -0.357 e. The molecule has 1 aromatic heterocycles. The molecule has 19 heavy (non-hydrogen) atoms. The Kier molecular flexibility index (Phi) is 3.67. The molecule has 0 saturated heterocycles. The Bertz CT molecular complexity index is 613. The summed E-state index contributed by atoms with van der Waals surface area (Å²) in [5.74, 6) is 0.813. The summed E-state index contributed by atoms with van der Waals surface area (Å²) in [7, 11) is 0. The maximum Gasteiger partial charge on any atom is 0.206 e. The van der Waals surface area contributed by atoms with Crippen molar-refractivity contribution in [3.8, 4) is 6.07 Å². The highest BCUT2D eigenvalue weighted by Gasteiger charge is 2.22. The Balaban J connectivity index is 1.58. The van der Waals surface area contributed by atoms with E-state index in [-0.39, 0.29) is 0 Å². The highest BCUT2D eigenvalue weighted by molar-refractivity contribution is 8.00. The first kappa shape index (κ1) is 12.5. The third-order valence-corrected chi connectivity index (χ3v) is 4.79. The molecule has 3 rings (SSSR count). The SMILES string of the molecule is N#Cc1cccc(CSc2nnc(NC3CC3)s2)c1. The number of nitriles is 1. The molecule has 0 unspecified atom stereocenters. The van der Waals surface area contributed by atoms with Crippen LogP contribution in [0.5, 0.6) is 0 Å². The Labute approximate surface area is 119 Å². The zero-order valence-electron chi connectivity index (χ0n) is 10.2. The van der Waals surface area contributed by atoms with Crippen molar-refractivity contribution in [3.05, 3.63) is 35.4 Å². The number of benzene rings is 1. The topological polar surface area (TPSA) is 61.6 Å². The average molecular weight is 288 g/mol. The summed E-state index contributed by atoms with van der Waals surface area (Å²) in [5.41, 5.74) is 1.84. The molecule has 0 aliphatic heterocycles. The third-order valence-electron chi connectivity index (χ3n) is 2.73. The van der Waals surface area contributed by atoms with Gasteiger partial charge in [0, 0.05) is 11.8 Å². The second kappa shape index (κ2) is 5.59. The van der Waals surface area contributed by atoms with Crippen molar-refractivity contribution >= 4 is 28.2 Å². The molecule has 2 aromatic rings. The Morgan fingerprint density at radius 2 is 2.32 bits per heavy atom. The van der Waals surface area contributed by atoms with Gasteiger partial charge in [-0.05, 0) is 30.5 Å². The van der Waals surface area contributed by atoms with Crippen molar-refractivity contribution in [3.63, 3.8) is 0 Å². The molecule has 96 valence electrons. The lowest BCUT2D eigenvalue weighted by Crippen LogP contribution is -1.99. The molecule has 0 atom stereocenters. The van der Waals surface area contributed by atoms with Crippen LogP contribution in [0.4, 0.5) is 5.13 Å². The monoisotopic (exact) mass is 288 g/mol. The van der Waals surface area contributed by atoms with E-state index in [1.54, 1.807) is 23.1 Å². The molecule has 0 radical (unpaired) electrons. The number of aromatic nitrogens is 2. The summed E-state index contributed by atoms with van der Waals surface area (Å²) in [6, 6.07) is 10.4. The van der Waals surface area contributed by atoms with Gasteiger partial charge in [0.2, 0.25) is 5.13 Å². The number of hydrogen-bond acceptors (Lipinski definition) is 6. The fourth-order valence-corrected chi connectivity index (χ4v) is 3.38. The minimum absolute atomic E-state index is 0.609. The van der Waals surface area contributed by atoms with Gasteiger partial charge >= 0.3 is 0 Å². The minimum atomic E-state index is 0.609. The van der Waals surface area contributed by atoms with E-state index >= 15 is 0 Å². The Morgan fingerprint density at radius 1 is 1.42 bits per heavy atom. The Morgan fingerprint density at radius 3 is 3.11 bits per heavy atom. The lowest BCUT2D eigenvalue weighted by Gasteiger charge is -1.98. The van der Waals surface area contributed by atoms with Gasteiger partial charge in [-0.3, -0.25) is 0 Å². The largest absolute Gasteiger partial charge is 0.357 e. The smallest absolute Gasteiger partial charge is 0.206 e. The molecule has 1 aliphatic carbocycles. The molecule has 4 nitrogen and oxygen atoms in total. The zero-order chi connectivity index (χ0) is 13.1. The molecule has 1 aromatic carbocycles. The number of thioether (sulfide) groups is 1. The number of nitrogens with one attached hydrogen (secondary N) is 1. The zero-order valence-corrected chi connectivity index (χ0v) is 11.8. The fraction of sp³-hybridized carbons (Fsp3) is 0.308. The number of hydrogen-bond donors (Lipinski definition) is 1. The van der Waals surface area contributed by atoms with E-state index in [0.29, 0.717) is 11.6 Å². The van der Waals surface area contributed by atoms with Crippen LogP contribution in [0, 0.1) is 11.3 Å². The fourth-order valence-electron chi connectivity index (χ4n) is 1.60. The predicted molar refractivity (Wildman–Crippen MR) is 77.3 cm³/mol. The standard InChI is InChI=1S/C13H12N4S2/c14-7-9-2-1-3-10(6-9)8-18-13-17-16-12(19-13)15-11-4-5-11/h1-3,6,11H,4-5,8H2,(H,15,16). The summed E-state index contributed by atoms with van der Waals surface area (Å²) >= 11 is 3.25. The van der Waals surface area contributed by atoms with E-state index in [0.717, 1.165) is 20.8 Å². The van der Waals surface area contributed by atoms with E-state index in [1.807, 2.05) is 24.3 Å². The summed E-state index contributed by atoms with van der Waals surface area (Å²) in [4.78, 5) is 0. The van der Waals surface area contributed by atoms with E-state index < -0.39 is 0 Å². The van der Waals surface area contributed by atoms with Gasteiger partial charge in [0.05, 0.1) is 11.6 Å². The summed E-state index contributed by atoms with van der Waals surface area (Å²) in [6.07, 6.45) is 2.48. The van der Waals surface area contributed by atoms with Crippen LogP contribution < -0.4 is 5.32 Å². The van der Waals surface area contributed by atoms with Crippen molar-refractivity contribution in [2.45, 2.75) is 29.0 Å². The quantitative estimate of drug-likeness (QED) is 0.856. The van der Waals surface area contributed by atoms with Crippen LogP contribution in [0.15, 0.2) is 28.6 Å². The molecule has 1 saturated carbocycles. The summed E-state index contributed by atoms with van der Waals surface area (Å²) in [6.45, 7) is 0. The summed E-state index contributed by atoms with van der Waals surface area (Å²) < 4.78 is 0.963. The molecule has 1 heterocycles. The molecule has 0 amide bonds.